The number of nitrogens with one attached hydrogen (secondary N) is 1. The van der Waals surface area contributed by atoms with E-state index in [2.05, 4.69) is 62.0 Å². The minimum atomic E-state index is 0.198. The minimum Gasteiger partial charge on any atom is -0.353 e. The summed E-state index contributed by atoms with van der Waals surface area (Å²) in [6.45, 7) is 13.2. The third kappa shape index (κ3) is 3.22. The Morgan fingerprint density at radius 2 is 2.00 bits per heavy atom. The number of hydrogen-bond donors (Lipinski definition) is 1. The maximum Gasteiger partial charge on any atom is 0.128 e. The number of aromatic nitrogens is 1. The van der Waals surface area contributed by atoms with Crippen molar-refractivity contribution in [1.29, 1.82) is 0 Å². The Balaban J connectivity index is 1.94. The summed E-state index contributed by atoms with van der Waals surface area (Å²) in [4.78, 5) is 6.82. The van der Waals surface area contributed by atoms with Gasteiger partial charge in [0.1, 0.15) is 5.82 Å². The van der Waals surface area contributed by atoms with Crippen LogP contribution in [0.2, 0.25) is 0 Å². The van der Waals surface area contributed by atoms with E-state index >= 15 is 0 Å². The summed E-state index contributed by atoms with van der Waals surface area (Å²) in [6, 6.07) is 4.92. The summed E-state index contributed by atoms with van der Waals surface area (Å²) < 4.78 is 0. The summed E-state index contributed by atoms with van der Waals surface area (Å²) in [5, 5.41) is 3.62. The van der Waals surface area contributed by atoms with Crippen molar-refractivity contribution >= 4 is 5.82 Å². The zero-order chi connectivity index (χ0) is 13.3. The Kier molecular flexibility index (Phi) is 3.62. The molecule has 0 atom stereocenters. The molecule has 100 valence electrons. The van der Waals surface area contributed by atoms with Gasteiger partial charge < -0.3 is 10.2 Å². The normalized spacial score (nSPS) is 17.1. The first kappa shape index (κ1) is 13.3. The fourth-order valence-corrected chi connectivity index (χ4v) is 2.34. The third-order valence-electron chi connectivity index (χ3n) is 3.28. The quantitative estimate of drug-likeness (QED) is 0.890. The summed E-state index contributed by atoms with van der Waals surface area (Å²) in [6.07, 6.45) is 1.93. The molecule has 1 N–H and O–H groups in total. The molecular weight excluding hydrogens is 222 g/mol. The first-order valence-electron chi connectivity index (χ1n) is 6.84. The Bertz CT molecular complexity index is 400. The average molecular weight is 247 g/mol. The molecule has 0 amide bonds. The van der Waals surface area contributed by atoms with Crippen LogP contribution in [0.4, 0.5) is 5.82 Å². The van der Waals surface area contributed by atoms with Gasteiger partial charge in [-0.2, -0.15) is 0 Å². The van der Waals surface area contributed by atoms with E-state index in [0.29, 0.717) is 12.0 Å². The van der Waals surface area contributed by atoms with Crippen LogP contribution < -0.4 is 10.2 Å². The van der Waals surface area contributed by atoms with Crippen LogP contribution in [0.1, 0.15) is 46.1 Å². The molecule has 1 aromatic heterocycles. The zero-order valence-electron chi connectivity index (χ0n) is 12.2. The molecule has 0 saturated carbocycles. The fourth-order valence-electron chi connectivity index (χ4n) is 2.34. The van der Waals surface area contributed by atoms with E-state index in [9.17, 15) is 0 Å². The first-order chi connectivity index (χ1) is 8.35. The van der Waals surface area contributed by atoms with Crippen molar-refractivity contribution in [2.45, 2.75) is 52.1 Å². The van der Waals surface area contributed by atoms with Crippen molar-refractivity contribution < 1.29 is 0 Å². The number of anilines is 1. The fraction of sp³-hybridized carbons (Fsp3) is 0.667. The largest absolute Gasteiger partial charge is 0.353 e. The molecule has 1 aliphatic heterocycles. The molecule has 0 aromatic carbocycles. The highest BCUT2D eigenvalue weighted by molar-refractivity contribution is 5.45. The lowest BCUT2D eigenvalue weighted by Gasteiger charge is -2.43. The van der Waals surface area contributed by atoms with Crippen molar-refractivity contribution in [2.75, 3.05) is 18.0 Å². The molecule has 0 radical (unpaired) electrons. The number of rotatable bonds is 3. The second kappa shape index (κ2) is 4.88. The second-order valence-corrected chi connectivity index (χ2v) is 6.60. The second-order valence-electron chi connectivity index (χ2n) is 6.60. The number of hydrogen-bond acceptors (Lipinski definition) is 3. The van der Waals surface area contributed by atoms with Crippen molar-refractivity contribution in [1.82, 2.24) is 10.3 Å². The van der Waals surface area contributed by atoms with E-state index in [1.165, 1.54) is 5.56 Å². The maximum absolute atomic E-state index is 4.47. The lowest BCUT2D eigenvalue weighted by atomic mass is 10.0. The topological polar surface area (TPSA) is 28.2 Å². The molecule has 1 fully saturated rings. The summed E-state index contributed by atoms with van der Waals surface area (Å²) in [7, 11) is 0. The summed E-state index contributed by atoms with van der Waals surface area (Å²) in [5.74, 6) is 1.68. The van der Waals surface area contributed by atoms with E-state index in [-0.39, 0.29) is 5.54 Å². The van der Waals surface area contributed by atoms with E-state index < -0.39 is 0 Å². The van der Waals surface area contributed by atoms with Crippen LogP contribution in [0.3, 0.4) is 0 Å². The molecule has 3 nitrogen and oxygen atoms in total. The lowest BCUT2D eigenvalue weighted by Crippen LogP contribution is -2.62. The van der Waals surface area contributed by atoms with Gasteiger partial charge in [0.05, 0.1) is 0 Å². The maximum atomic E-state index is 4.47. The van der Waals surface area contributed by atoms with Gasteiger partial charge in [-0.1, -0.05) is 13.8 Å². The standard InChI is InChI=1S/C15H25N3/c1-11(2)12-6-7-16-14(8-12)18-9-13(10-18)17-15(3,4)5/h6-8,11,13,17H,9-10H2,1-5H3. The first-order valence-corrected chi connectivity index (χ1v) is 6.84. The Hall–Kier alpha value is -1.09. The number of nitrogens with zero attached hydrogens (tertiary/aromatic N) is 2. The van der Waals surface area contributed by atoms with Gasteiger partial charge in [0.25, 0.3) is 0 Å². The van der Waals surface area contributed by atoms with Crippen LogP contribution in [-0.4, -0.2) is 29.7 Å². The van der Waals surface area contributed by atoms with E-state index in [1.807, 2.05) is 6.20 Å². The van der Waals surface area contributed by atoms with Gasteiger partial charge >= 0.3 is 0 Å². The molecule has 0 bridgehead atoms. The molecule has 2 heterocycles. The van der Waals surface area contributed by atoms with E-state index in [4.69, 9.17) is 0 Å². The Morgan fingerprint density at radius 3 is 2.56 bits per heavy atom. The zero-order valence-corrected chi connectivity index (χ0v) is 12.2. The highest BCUT2D eigenvalue weighted by atomic mass is 15.3. The molecule has 0 spiro atoms. The van der Waals surface area contributed by atoms with Crippen molar-refractivity contribution in [3.8, 4) is 0 Å². The van der Waals surface area contributed by atoms with Gasteiger partial charge in [-0.05, 0) is 44.4 Å². The molecule has 1 aromatic rings. The van der Waals surface area contributed by atoms with Crippen molar-refractivity contribution in [3.63, 3.8) is 0 Å². The van der Waals surface area contributed by atoms with Crippen LogP contribution in [-0.2, 0) is 0 Å². The van der Waals surface area contributed by atoms with E-state index in [0.717, 1.165) is 18.9 Å². The summed E-state index contributed by atoms with van der Waals surface area (Å²) in [5.41, 5.74) is 1.57. The van der Waals surface area contributed by atoms with Gasteiger partial charge in [0, 0.05) is 30.9 Å². The van der Waals surface area contributed by atoms with Crippen LogP contribution in [0.15, 0.2) is 18.3 Å². The molecule has 0 unspecified atom stereocenters. The van der Waals surface area contributed by atoms with Gasteiger partial charge in [-0.15, -0.1) is 0 Å². The Labute approximate surface area is 111 Å². The molecule has 1 aliphatic rings. The van der Waals surface area contributed by atoms with Gasteiger partial charge in [0.2, 0.25) is 0 Å². The predicted molar refractivity (Wildman–Crippen MR) is 77.2 cm³/mol. The van der Waals surface area contributed by atoms with Crippen LogP contribution in [0.25, 0.3) is 0 Å². The van der Waals surface area contributed by atoms with E-state index in [1.54, 1.807) is 0 Å². The van der Waals surface area contributed by atoms with Crippen LogP contribution >= 0.6 is 0 Å². The van der Waals surface area contributed by atoms with Gasteiger partial charge in [-0.25, -0.2) is 4.98 Å². The molecular formula is C15H25N3. The molecule has 2 rings (SSSR count). The number of pyridine rings is 1. The smallest absolute Gasteiger partial charge is 0.128 e. The molecule has 1 saturated heterocycles. The lowest BCUT2D eigenvalue weighted by molar-refractivity contribution is 0.315. The predicted octanol–water partition coefficient (Wildman–Crippen LogP) is 2.78. The third-order valence-corrected chi connectivity index (χ3v) is 3.28. The van der Waals surface area contributed by atoms with Gasteiger partial charge in [-0.3, -0.25) is 0 Å². The average Bonchev–Trinajstić information content (AvgIpc) is 2.21. The SMILES string of the molecule is CC(C)c1ccnc(N2CC(NC(C)(C)C)C2)c1. The highest BCUT2D eigenvalue weighted by Gasteiger charge is 2.30. The Morgan fingerprint density at radius 1 is 1.33 bits per heavy atom. The monoisotopic (exact) mass is 247 g/mol. The van der Waals surface area contributed by atoms with Crippen molar-refractivity contribution in [2.24, 2.45) is 0 Å². The molecule has 3 heteroatoms. The van der Waals surface area contributed by atoms with Crippen LogP contribution in [0.5, 0.6) is 0 Å². The molecule has 0 aliphatic carbocycles. The van der Waals surface area contributed by atoms with Crippen LogP contribution in [0, 0.1) is 0 Å². The van der Waals surface area contributed by atoms with Gasteiger partial charge in [0.15, 0.2) is 0 Å². The summed E-state index contributed by atoms with van der Waals surface area (Å²) >= 11 is 0. The minimum absolute atomic E-state index is 0.198. The highest BCUT2D eigenvalue weighted by Crippen LogP contribution is 2.23. The van der Waals surface area contributed by atoms with Crippen molar-refractivity contribution in [3.05, 3.63) is 23.9 Å². The molecule has 18 heavy (non-hydrogen) atoms.